The van der Waals surface area contributed by atoms with E-state index in [9.17, 15) is 19.5 Å². The number of piperazine rings is 1. The van der Waals surface area contributed by atoms with Crippen molar-refractivity contribution in [1.29, 1.82) is 0 Å². The second-order valence-corrected chi connectivity index (χ2v) is 12.9. The minimum Gasteiger partial charge on any atom is -0.508 e. The van der Waals surface area contributed by atoms with Crippen LogP contribution in [0.3, 0.4) is 0 Å². The first-order chi connectivity index (χ1) is 24.9. The third-order valence-corrected chi connectivity index (χ3v) is 9.22. The highest BCUT2D eigenvalue weighted by atomic mass is 16.5. The first-order valence-corrected chi connectivity index (χ1v) is 17.6. The van der Waals surface area contributed by atoms with Crippen LogP contribution in [0.1, 0.15) is 36.0 Å². The maximum atomic E-state index is 14.5. The van der Waals surface area contributed by atoms with Gasteiger partial charge in [-0.1, -0.05) is 67.1 Å². The van der Waals surface area contributed by atoms with Gasteiger partial charge < -0.3 is 40.3 Å². The molecule has 0 aromatic heterocycles. The van der Waals surface area contributed by atoms with Gasteiger partial charge in [-0.05, 0) is 55.3 Å². The molecule has 0 aliphatic carbocycles. The number of benzene rings is 3. The summed E-state index contributed by atoms with van der Waals surface area (Å²) >= 11 is 0. The molecule has 0 saturated carbocycles. The van der Waals surface area contributed by atoms with Crippen molar-refractivity contribution >= 4 is 17.8 Å². The van der Waals surface area contributed by atoms with Crippen molar-refractivity contribution in [1.82, 2.24) is 30.7 Å². The topological polar surface area (TPSA) is 136 Å². The number of para-hydroxylation sites is 1. The van der Waals surface area contributed by atoms with Crippen molar-refractivity contribution < 1.29 is 29.0 Å². The fraction of sp³-hybridized carbons (Fsp3) is 0.410. The number of phenols is 1. The summed E-state index contributed by atoms with van der Waals surface area (Å²) in [5.74, 6) is 0.612. The molecule has 2 heterocycles. The fourth-order valence-electron chi connectivity index (χ4n) is 6.61. The van der Waals surface area contributed by atoms with Gasteiger partial charge in [-0.25, -0.2) is 4.79 Å². The number of phenolic OH excluding ortho intramolecular Hbond substituents is 1. The molecule has 0 unspecified atom stereocenters. The Balaban J connectivity index is 1.42. The van der Waals surface area contributed by atoms with Gasteiger partial charge in [0.2, 0.25) is 11.8 Å². The molecule has 12 nitrogen and oxygen atoms in total. The van der Waals surface area contributed by atoms with Gasteiger partial charge in [0.05, 0.1) is 20.2 Å². The van der Waals surface area contributed by atoms with Crippen LogP contribution in [0.5, 0.6) is 17.2 Å². The minimum absolute atomic E-state index is 0.0430. The van der Waals surface area contributed by atoms with Gasteiger partial charge in [0.15, 0.2) is 11.5 Å². The van der Waals surface area contributed by atoms with E-state index in [1.807, 2.05) is 48.5 Å². The predicted octanol–water partition coefficient (Wildman–Crippen LogP) is 3.65. The smallest absolute Gasteiger partial charge is 0.316 e. The van der Waals surface area contributed by atoms with E-state index >= 15 is 0 Å². The van der Waals surface area contributed by atoms with E-state index in [4.69, 9.17) is 9.47 Å². The number of carbonyl (C=O) groups is 3. The largest absolute Gasteiger partial charge is 0.508 e. The van der Waals surface area contributed by atoms with Crippen LogP contribution < -0.4 is 25.4 Å². The lowest BCUT2D eigenvalue weighted by atomic mass is 9.99. The number of amides is 4. The van der Waals surface area contributed by atoms with E-state index in [2.05, 4.69) is 27.4 Å². The molecule has 3 aromatic rings. The number of rotatable bonds is 16. The van der Waals surface area contributed by atoms with E-state index in [0.29, 0.717) is 24.7 Å². The quantitative estimate of drug-likeness (QED) is 0.132. The Labute approximate surface area is 300 Å². The number of piperidine rings is 1. The zero-order valence-corrected chi connectivity index (χ0v) is 29.4. The van der Waals surface area contributed by atoms with Gasteiger partial charge in [0.1, 0.15) is 24.6 Å². The highest BCUT2D eigenvalue weighted by Gasteiger charge is 2.44. The molecule has 0 radical (unpaired) electrons. The van der Waals surface area contributed by atoms with Crippen LogP contribution in [-0.2, 0) is 29.1 Å². The molecule has 2 saturated heterocycles. The van der Waals surface area contributed by atoms with Gasteiger partial charge in [-0.3, -0.25) is 14.5 Å². The number of aromatic hydroxyl groups is 1. The lowest BCUT2D eigenvalue weighted by Gasteiger charge is -2.46. The number of nitrogens with one attached hydrogen (secondary N) is 3. The van der Waals surface area contributed by atoms with Gasteiger partial charge in [-0.15, -0.1) is 6.58 Å². The van der Waals surface area contributed by atoms with E-state index in [0.717, 1.165) is 36.3 Å². The zero-order chi connectivity index (χ0) is 36.0. The molecule has 2 fully saturated rings. The number of hydrogen-bond donors (Lipinski definition) is 4. The number of methoxy groups -OCH3 is 1. The molecule has 2 atom stereocenters. The number of urea groups is 1. The highest BCUT2D eigenvalue weighted by Crippen LogP contribution is 2.33. The standard InChI is InChI=1S/C39H50N6O6/c1-3-19-40-26-36(47)45-33(24-29-15-17-32(46)18-16-29)38(48)44(28-35(45)42-39(49)41-25-30-11-6-4-7-12-30)27-31-13-10-14-34(50-2)37(31)51-23-22-43-20-8-5-9-21-43/h3-4,6-7,10-18,33,35,40,46H,1,5,8-9,19-28H2,2H3,(H2,41,42,49)/t33-,35+/m0/s1. The summed E-state index contributed by atoms with van der Waals surface area (Å²) in [5.41, 5.74) is 2.43. The van der Waals surface area contributed by atoms with Crippen molar-refractivity contribution in [2.75, 3.05) is 53.0 Å². The Morgan fingerprint density at radius 1 is 0.980 bits per heavy atom. The van der Waals surface area contributed by atoms with Crippen LogP contribution in [0.15, 0.2) is 85.5 Å². The normalized spacial score (nSPS) is 17.9. The van der Waals surface area contributed by atoms with E-state index < -0.39 is 18.2 Å². The van der Waals surface area contributed by atoms with Gasteiger partial charge in [-0.2, -0.15) is 0 Å². The molecule has 4 N–H and O–H groups in total. The molecule has 5 rings (SSSR count). The van der Waals surface area contributed by atoms with E-state index in [1.165, 1.54) is 24.2 Å². The Morgan fingerprint density at radius 3 is 2.47 bits per heavy atom. The Morgan fingerprint density at radius 2 is 1.75 bits per heavy atom. The Hall–Kier alpha value is -5.07. The lowest BCUT2D eigenvalue weighted by Crippen LogP contribution is -2.69. The molecule has 0 bridgehead atoms. The van der Waals surface area contributed by atoms with Crippen molar-refractivity contribution in [3.8, 4) is 17.2 Å². The molecule has 51 heavy (non-hydrogen) atoms. The fourth-order valence-corrected chi connectivity index (χ4v) is 6.61. The van der Waals surface area contributed by atoms with Gasteiger partial charge >= 0.3 is 6.03 Å². The number of hydrogen-bond acceptors (Lipinski definition) is 8. The summed E-state index contributed by atoms with van der Waals surface area (Å²) in [6, 6.07) is 20.3. The zero-order valence-electron chi connectivity index (χ0n) is 29.4. The lowest BCUT2D eigenvalue weighted by molar-refractivity contribution is -0.157. The first-order valence-electron chi connectivity index (χ1n) is 17.6. The van der Waals surface area contributed by atoms with Crippen LogP contribution in [0, 0.1) is 0 Å². The molecular formula is C39H50N6O6. The first kappa shape index (κ1) is 37.2. The van der Waals surface area contributed by atoms with E-state index in [-0.39, 0.29) is 50.2 Å². The molecular weight excluding hydrogens is 648 g/mol. The third kappa shape index (κ3) is 10.5. The van der Waals surface area contributed by atoms with E-state index in [1.54, 1.807) is 42.4 Å². The summed E-state index contributed by atoms with van der Waals surface area (Å²) in [4.78, 5) is 47.3. The van der Waals surface area contributed by atoms with Crippen molar-refractivity contribution in [2.24, 2.45) is 0 Å². The third-order valence-electron chi connectivity index (χ3n) is 9.22. The molecule has 2 aliphatic heterocycles. The highest BCUT2D eigenvalue weighted by molar-refractivity contribution is 5.91. The van der Waals surface area contributed by atoms with Gasteiger partial charge in [0, 0.05) is 38.2 Å². The molecule has 2 aliphatic rings. The van der Waals surface area contributed by atoms with Crippen LogP contribution in [0.25, 0.3) is 0 Å². The number of nitrogens with zero attached hydrogens (tertiary/aromatic N) is 3. The number of carbonyl (C=O) groups excluding carboxylic acids is 3. The summed E-state index contributed by atoms with van der Waals surface area (Å²) in [5, 5.41) is 18.9. The number of likely N-dealkylation sites (tertiary alicyclic amines) is 1. The summed E-state index contributed by atoms with van der Waals surface area (Å²) in [6.07, 6.45) is 4.59. The molecule has 272 valence electrons. The second-order valence-electron chi connectivity index (χ2n) is 12.9. The molecule has 4 amide bonds. The van der Waals surface area contributed by atoms with Crippen LogP contribution >= 0.6 is 0 Å². The SMILES string of the molecule is C=CCNCC(=O)N1[C@@H](NC(=O)NCc2ccccc2)CN(Cc2cccc(OC)c2OCCN2CCCCC2)C(=O)[C@@H]1Cc1ccc(O)cc1. The van der Waals surface area contributed by atoms with Crippen LogP contribution in [0.4, 0.5) is 4.79 Å². The van der Waals surface area contributed by atoms with Crippen molar-refractivity contribution in [3.63, 3.8) is 0 Å². The van der Waals surface area contributed by atoms with Crippen molar-refractivity contribution in [3.05, 3.63) is 102 Å². The maximum absolute atomic E-state index is 14.5. The summed E-state index contributed by atoms with van der Waals surface area (Å²) < 4.78 is 12.1. The average Bonchev–Trinajstić information content (AvgIpc) is 3.15. The summed E-state index contributed by atoms with van der Waals surface area (Å²) in [6.45, 7) is 7.92. The molecule has 12 heteroatoms. The maximum Gasteiger partial charge on any atom is 0.316 e. The Kier molecular flexibility index (Phi) is 13.7. The molecule has 0 spiro atoms. The predicted molar refractivity (Wildman–Crippen MR) is 195 cm³/mol. The monoisotopic (exact) mass is 698 g/mol. The second kappa shape index (κ2) is 18.8. The number of ether oxygens (including phenoxy) is 2. The van der Waals surface area contributed by atoms with Crippen LogP contribution in [-0.4, -0.2) is 103 Å². The average molecular weight is 699 g/mol. The summed E-state index contributed by atoms with van der Waals surface area (Å²) in [7, 11) is 1.59. The van der Waals surface area contributed by atoms with Gasteiger partial charge in [0.25, 0.3) is 0 Å². The molecule has 3 aromatic carbocycles. The van der Waals surface area contributed by atoms with Crippen molar-refractivity contribution in [2.45, 2.75) is 51.0 Å². The Bertz CT molecular complexity index is 1600. The minimum atomic E-state index is -0.949. The van der Waals surface area contributed by atoms with Crippen LogP contribution in [0.2, 0.25) is 0 Å².